The molecule has 58 valence electrons. The number of rotatable bonds is 2. The first-order chi connectivity index (χ1) is 5.93. The van der Waals surface area contributed by atoms with E-state index in [1.807, 2.05) is 48.6 Å². The molecule has 0 unspecified atom stereocenters. The summed E-state index contributed by atoms with van der Waals surface area (Å²) < 4.78 is 0. The Hall–Kier alpha value is -1.81. The molecule has 0 saturated carbocycles. The van der Waals surface area contributed by atoms with Gasteiger partial charge < -0.3 is 0 Å². The van der Waals surface area contributed by atoms with Crippen LogP contribution >= 0.6 is 0 Å². The molecule has 0 aliphatic carbocycles. The van der Waals surface area contributed by atoms with Gasteiger partial charge in [0.1, 0.15) is 0 Å². The normalized spacial score (nSPS) is 10.6. The van der Waals surface area contributed by atoms with Crippen molar-refractivity contribution in [3.63, 3.8) is 0 Å². The third kappa shape index (κ3) is 2.85. The Bertz CT molecular complexity index is 315. The van der Waals surface area contributed by atoms with Gasteiger partial charge in [-0.05, 0) is 5.56 Å². The van der Waals surface area contributed by atoms with Crippen molar-refractivity contribution in [3.8, 4) is 6.07 Å². The van der Waals surface area contributed by atoms with Gasteiger partial charge in [0, 0.05) is 6.08 Å². The Morgan fingerprint density at radius 3 is 2.50 bits per heavy atom. The summed E-state index contributed by atoms with van der Waals surface area (Å²) in [7, 11) is 0. The average Bonchev–Trinajstić information content (AvgIpc) is 2.14. The molecule has 0 aliphatic rings. The maximum Gasteiger partial charge on any atom is 0.0912 e. The lowest BCUT2D eigenvalue weighted by Crippen LogP contribution is -1.66. The molecule has 0 amide bonds. The number of nitriles is 1. The van der Waals surface area contributed by atoms with Crippen LogP contribution in [0.25, 0.3) is 6.08 Å². The first-order valence-corrected chi connectivity index (χ1v) is 3.71. The Morgan fingerprint density at radius 2 is 1.83 bits per heavy atom. The molecule has 0 radical (unpaired) electrons. The first kappa shape index (κ1) is 8.29. The van der Waals surface area contributed by atoms with Crippen LogP contribution in [0.15, 0.2) is 48.6 Å². The maximum absolute atomic E-state index is 8.19. The second-order valence-electron chi connectivity index (χ2n) is 2.26. The minimum atomic E-state index is 1.14. The summed E-state index contributed by atoms with van der Waals surface area (Å²) in [5, 5.41) is 8.19. The highest BCUT2D eigenvalue weighted by molar-refractivity contribution is 5.50. The van der Waals surface area contributed by atoms with Crippen LogP contribution in [0.3, 0.4) is 0 Å². The van der Waals surface area contributed by atoms with Gasteiger partial charge >= 0.3 is 0 Å². The highest BCUT2D eigenvalue weighted by atomic mass is 14.2. The predicted octanol–water partition coefficient (Wildman–Crippen LogP) is 2.78. The van der Waals surface area contributed by atoms with Crippen molar-refractivity contribution in [1.82, 2.24) is 0 Å². The van der Waals surface area contributed by atoms with E-state index in [4.69, 9.17) is 5.26 Å². The maximum atomic E-state index is 8.19. The average molecular weight is 155 g/mol. The van der Waals surface area contributed by atoms with Crippen LogP contribution in [0.1, 0.15) is 5.56 Å². The van der Waals surface area contributed by atoms with Crippen LogP contribution in [-0.4, -0.2) is 0 Å². The van der Waals surface area contributed by atoms with Gasteiger partial charge in [-0.3, -0.25) is 0 Å². The molecule has 0 spiro atoms. The van der Waals surface area contributed by atoms with E-state index < -0.39 is 0 Å². The summed E-state index contributed by atoms with van der Waals surface area (Å²) in [5.41, 5.74) is 1.14. The van der Waals surface area contributed by atoms with E-state index in [9.17, 15) is 0 Å². The molecule has 0 aromatic heterocycles. The van der Waals surface area contributed by atoms with Crippen molar-refractivity contribution in [2.24, 2.45) is 0 Å². The Labute approximate surface area is 72.3 Å². The second-order valence-corrected chi connectivity index (χ2v) is 2.26. The summed E-state index contributed by atoms with van der Waals surface area (Å²) >= 11 is 0. The minimum Gasteiger partial charge on any atom is -0.193 e. The van der Waals surface area contributed by atoms with Crippen molar-refractivity contribution in [1.29, 1.82) is 5.26 Å². The van der Waals surface area contributed by atoms with Gasteiger partial charge in [-0.15, -0.1) is 0 Å². The standard InChI is InChI=1S/C11H9N/c12-10-6-2-5-9-11-7-3-1-4-8-11/h1-9H/b6-2?,9-5+. The van der Waals surface area contributed by atoms with Crippen molar-refractivity contribution < 1.29 is 0 Å². The van der Waals surface area contributed by atoms with Gasteiger partial charge in [-0.1, -0.05) is 48.6 Å². The minimum absolute atomic E-state index is 1.14. The number of allylic oxidation sites excluding steroid dienone is 3. The van der Waals surface area contributed by atoms with E-state index in [2.05, 4.69) is 0 Å². The van der Waals surface area contributed by atoms with E-state index in [0.717, 1.165) is 5.56 Å². The summed E-state index contributed by atoms with van der Waals surface area (Å²) in [6, 6.07) is 11.9. The third-order valence-corrected chi connectivity index (χ3v) is 1.37. The van der Waals surface area contributed by atoms with Crippen molar-refractivity contribution in [2.75, 3.05) is 0 Å². The van der Waals surface area contributed by atoms with Gasteiger partial charge in [0.25, 0.3) is 0 Å². The molecular formula is C11H9N. The summed E-state index contributed by atoms with van der Waals surface area (Å²) in [5.74, 6) is 0. The first-order valence-electron chi connectivity index (χ1n) is 3.71. The molecule has 0 atom stereocenters. The van der Waals surface area contributed by atoms with E-state index in [-0.39, 0.29) is 0 Å². The number of benzene rings is 1. The molecule has 12 heavy (non-hydrogen) atoms. The fourth-order valence-corrected chi connectivity index (χ4v) is 0.829. The molecule has 0 bridgehead atoms. The topological polar surface area (TPSA) is 23.8 Å². The molecule has 1 rings (SSSR count). The van der Waals surface area contributed by atoms with Gasteiger partial charge in [0.2, 0.25) is 0 Å². The lowest BCUT2D eigenvalue weighted by Gasteiger charge is -1.87. The lowest BCUT2D eigenvalue weighted by molar-refractivity contribution is 1.53. The molecule has 1 heteroatoms. The van der Waals surface area contributed by atoms with Crippen molar-refractivity contribution in [3.05, 3.63) is 54.1 Å². The van der Waals surface area contributed by atoms with E-state index in [0.29, 0.717) is 0 Å². The molecule has 1 aromatic carbocycles. The van der Waals surface area contributed by atoms with E-state index >= 15 is 0 Å². The monoisotopic (exact) mass is 155 g/mol. The highest BCUT2D eigenvalue weighted by Crippen LogP contribution is 2.00. The van der Waals surface area contributed by atoms with Crippen molar-refractivity contribution in [2.45, 2.75) is 0 Å². The van der Waals surface area contributed by atoms with Crippen LogP contribution in [0.2, 0.25) is 0 Å². The van der Waals surface area contributed by atoms with Crippen LogP contribution in [0.5, 0.6) is 0 Å². The zero-order valence-electron chi connectivity index (χ0n) is 6.64. The molecule has 1 nitrogen and oxygen atoms in total. The van der Waals surface area contributed by atoms with Gasteiger partial charge in [-0.2, -0.15) is 5.26 Å². The second kappa shape index (κ2) is 4.92. The lowest BCUT2D eigenvalue weighted by atomic mass is 10.2. The number of nitrogens with zero attached hydrogens (tertiary/aromatic N) is 1. The van der Waals surface area contributed by atoms with Crippen LogP contribution in [0.4, 0.5) is 0 Å². The largest absolute Gasteiger partial charge is 0.193 e. The van der Waals surface area contributed by atoms with Gasteiger partial charge in [0.05, 0.1) is 6.07 Å². The van der Waals surface area contributed by atoms with E-state index in [1.54, 1.807) is 6.08 Å². The summed E-state index contributed by atoms with van der Waals surface area (Å²) in [6.07, 6.45) is 6.96. The fourth-order valence-electron chi connectivity index (χ4n) is 0.829. The van der Waals surface area contributed by atoms with Crippen molar-refractivity contribution >= 4 is 6.08 Å². The number of hydrogen-bond acceptors (Lipinski definition) is 1. The quantitative estimate of drug-likeness (QED) is 0.476. The highest BCUT2D eigenvalue weighted by Gasteiger charge is 1.78. The molecule has 0 heterocycles. The molecule has 0 N–H and O–H groups in total. The Balaban J connectivity index is 2.59. The molecular weight excluding hydrogens is 146 g/mol. The third-order valence-electron chi connectivity index (χ3n) is 1.37. The molecule has 0 fully saturated rings. The van der Waals surface area contributed by atoms with Gasteiger partial charge in [0.15, 0.2) is 0 Å². The summed E-state index contributed by atoms with van der Waals surface area (Å²) in [4.78, 5) is 0. The number of hydrogen-bond donors (Lipinski definition) is 0. The SMILES string of the molecule is N#CC=C/C=C/c1ccccc1. The molecule has 1 aromatic rings. The van der Waals surface area contributed by atoms with Crippen LogP contribution in [0, 0.1) is 11.3 Å². The van der Waals surface area contributed by atoms with Crippen LogP contribution in [-0.2, 0) is 0 Å². The Kier molecular flexibility index (Phi) is 3.40. The van der Waals surface area contributed by atoms with Crippen LogP contribution < -0.4 is 0 Å². The Morgan fingerprint density at radius 1 is 1.08 bits per heavy atom. The zero-order valence-corrected chi connectivity index (χ0v) is 6.64. The predicted molar refractivity (Wildman–Crippen MR) is 50.2 cm³/mol. The fraction of sp³-hybridized carbons (Fsp3) is 0. The molecule has 0 aliphatic heterocycles. The van der Waals surface area contributed by atoms with E-state index in [1.165, 1.54) is 6.08 Å². The smallest absolute Gasteiger partial charge is 0.0912 e. The molecule has 0 saturated heterocycles. The van der Waals surface area contributed by atoms with Gasteiger partial charge in [-0.25, -0.2) is 0 Å². The summed E-state index contributed by atoms with van der Waals surface area (Å²) in [6.45, 7) is 0. The zero-order chi connectivity index (χ0) is 8.65.